The van der Waals surface area contributed by atoms with Crippen molar-refractivity contribution in [3.05, 3.63) is 44.7 Å². The SMILES string of the molecule is COc1ccc(Cl)cc1C(=O)N=c1sn(C(C)(C)C)c2c1C(I)N(C(=O)O)CC2. The topological polar surface area (TPSA) is 84.1 Å². The van der Waals surface area contributed by atoms with E-state index in [1.807, 2.05) is 0 Å². The molecule has 2 heterocycles. The molecule has 2 aromatic rings. The number of hydrogen-bond acceptors (Lipinski definition) is 4. The molecule has 0 aliphatic carbocycles. The van der Waals surface area contributed by atoms with Gasteiger partial charge >= 0.3 is 6.09 Å². The summed E-state index contributed by atoms with van der Waals surface area (Å²) in [5.74, 6) is -0.0963. The molecule has 1 aliphatic rings. The van der Waals surface area contributed by atoms with Crippen LogP contribution in [0.5, 0.6) is 5.75 Å². The normalized spacial score (nSPS) is 17.2. The van der Waals surface area contributed by atoms with Gasteiger partial charge in [-0.15, -0.1) is 0 Å². The molecule has 1 unspecified atom stereocenters. The highest BCUT2D eigenvalue weighted by Gasteiger charge is 2.35. The van der Waals surface area contributed by atoms with E-state index in [1.54, 1.807) is 12.1 Å². The lowest BCUT2D eigenvalue weighted by molar-refractivity contribution is 0.0996. The van der Waals surface area contributed by atoms with Gasteiger partial charge < -0.3 is 9.84 Å². The molecule has 0 saturated heterocycles. The Hall–Kier alpha value is -1.59. The zero-order valence-electron chi connectivity index (χ0n) is 16.4. The smallest absolute Gasteiger partial charge is 0.408 e. The summed E-state index contributed by atoms with van der Waals surface area (Å²) in [6.07, 6.45) is -0.420. The molecule has 1 atom stereocenters. The van der Waals surface area contributed by atoms with Crippen molar-refractivity contribution in [3.63, 3.8) is 0 Å². The number of carbonyl (C=O) groups excluding carboxylic acids is 1. The number of amides is 2. The Morgan fingerprint density at radius 1 is 1.38 bits per heavy atom. The average Bonchev–Trinajstić information content (AvgIpc) is 3.01. The van der Waals surface area contributed by atoms with E-state index in [2.05, 4.69) is 52.3 Å². The lowest BCUT2D eigenvalue weighted by Gasteiger charge is -2.32. The van der Waals surface area contributed by atoms with E-state index in [4.69, 9.17) is 16.3 Å². The van der Waals surface area contributed by atoms with Crippen molar-refractivity contribution >= 4 is 57.7 Å². The molecule has 10 heteroatoms. The second kappa shape index (κ2) is 8.27. The third-order valence-electron chi connectivity index (χ3n) is 4.52. The zero-order valence-corrected chi connectivity index (χ0v) is 20.1. The molecule has 1 aromatic carbocycles. The first-order chi connectivity index (χ1) is 13.5. The van der Waals surface area contributed by atoms with Crippen LogP contribution in [-0.4, -0.2) is 39.6 Å². The molecule has 3 rings (SSSR count). The standard InChI is InChI=1S/C19H21ClIN3O4S/c1-19(2,3)24-12-7-8-23(18(26)27)15(21)14(12)17(29-24)22-16(25)11-9-10(20)5-6-13(11)28-4/h5-6,9,15H,7-8H2,1-4H3,(H,26,27). The van der Waals surface area contributed by atoms with Gasteiger partial charge in [-0.3, -0.25) is 13.7 Å². The van der Waals surface area contributed by atoms with E-state index in [-0.39, 0.29) is 11.1 Å². The Morgan fingerprint density at radius 3 is 2.66 bits per heavy atom. The Morgan fingerprint density at radius 2 is 2.07 bits per heavy atom. The number of fused-ring (bicyclic) bond motifs is 1. The number of nitrogens with zero attached hydrogens (tertiary/aromatic N) is 3. The van der Waals surface area contributed by atoms with Crippen molar-refractivity contribution in [1.82, 2.24) is 8.86 Å². The van der Waals surface area contributed by atoms with E-state index >= 15 is 0 Å². The summed E-state index contributed by atoms with van der Waals surface area (Å²) in [6.45, 7) is 6.61. The van der Waals surface area contributed by atoms with Gasteiger partial charge in [-0.2, -0.15) is 4.99 Å². The number of ether oxygens (including phenoxy) is 1. The van der Waals surface area contributed by atoms with Gasteiger partial charge in [0.15, 0.2) is 0 Å². The Kier molecular flexibility index (Phi) is 6.30. The number of hydrogen-bond donors (Lipinski definition) is 1. The molecule has 0 spiro atoms. The second-order valence-electron chi connectivity index (χ2n) is 7.55. The van der Waals surface area contributed by atoms with Crippen LogP contribution in [0, 0.1) is 0 Å². The number of carboxylic acid groups (broad SMARTS) is 1. The highest BCUT2D eigenvalue weighted by Crippen LogP contribution is 2.36. The first-order valence-corrected chi connectivity index (χ1v) is 11.3. The second-order valence-corrected chi connectivity index (χ2v) is 10.1. The summed E-state index contributed by atoms with van der Waals surface area (Å²) in [7, 11) is 1.48. The fourth-order valence-electron chi connectivity index (χ4n) is 3.21. The summed E-state index contributed by atoms with van der Waals surface area (Å²) in [5.41, 5.74) is 1.83. The van der Waals surface area contributed by atoms with Crippen LogP contribution in [0.4, 0.5) is 4.79 Å². The molecule has 156 valence electrons. The number of halogens is 2. The summed E-state index contributed by atoms with van der Waals surface area (Å²) in [5, 5.41) is 9.95. The van der Waals surface area contributed by atoms with Crippen LogP contribution in [0.15, 0.2) is 23.2 Å². The molecule has 1 N–H and O–H groups in total. The molecular weight excluding hydrogens is 529 g/mol. The first kappa shape index (κ1) is 22.1. The van der Waals surface area contributed by atoms with Gasteiger partial charge in [0.2, 0.25) is 0 Å². The number of rotatable bonds is 2. The Balaban J connectivity index is 2.20. The van der Waals surface area contributed by atoms with Crippen LogP contribution in [0.3, 0.4) is 0 Å². The van der Waals surface area contributed by atoms with E-state index in [0.717, 1.165) is 11.3 Å². The van der Waals surface area contributed by atoms with Crippen molar-refractivity contribution in [2.24, 2.45) is 4.99 Å². The minimum atomic E-state index is -0.989. The van der Waals surface area contributed by atoms with Gasteiger partial charge in [-0.25, -0.2) is 4.79 Å². The first-order valence-electron chi connectivity index (χ1n) is 8.86. The molecule has 29 heavy (non-hydrogen) atoms. The third-order valence-corrected chi connectivity index (χ3v) is 7.48. The highest BCUT2D eigenvalue weighted by atomic mass is 127. The van der Waals surface area contributed by atoms with Crippen LogP contribution < -0.4 is 9.41 Å². The lowest BCUT2D eigenvalue weighted by Crippen LogP contribution is -2.39. The highest BCUT2D eigenvalue weighted by molar-refractivity contribution is 14.1. The van der Waals surface area contributed by atoms with Crippen molar-refractivity contribution in [2.75, 3.05) is 13.7 Å². The molecule has 7 nitrogen and oxygen atoms in total. The molecule has 2 amide bonds. The maximum absolute atomic E-state index is 13.0. The molecule has 0 bridgehead atoms. The number of methoxy groups -OCH3 is 1. The minimum Gasteiger partial charge on any atom is -0.496 e. The largest absolute Gasteiger partial charge is 0.496 e. The quantitative estimate of drug-likeness (QED) is 0.335. The summed E-state index contributed by atoms with van der Waals surface area (Å²) in [6, 6.07) is 4.79. The van der Waals surface area contributed by atoms with Gasteiger partial charge in [0.05, 0.1) is 12.7 Å². The van der Waals surface area contributed by atoms with Crippen molar-refractivity contribution in [3.8, 4) is 5.75 Å². The van der Waals surface area contributed by atoms with Crippen LogP contribution in [0.1, 0.15) is 46.4 Å². The lowest BCUT2D eigenvalue weighted by atomic mass is 10.0. The van der Waals surface area contributed by atoms with Crippen LogP contribution in [0.25, 0.3) is 0 Å². The summed E-state index contributed by atoms with van der Waals surface area (Å²) in [4.78, 5) is 30.3. The van der Waals surface area contributed by atoms with Gasteiger partial charge in [-0.05, 0) is 50.5 Å². The van der Waals surface area contributed by atoms with Gasteiger partial charge in [0.25, 0.3) is 5.91 Å². The van der Waals surface area contributed by atoms with Crippen molar-refractivity contribution < 1.29 is 19.4 Å². The molecule has 0 saturated carbocycles. The van der Waals surface area contributed by atoms with E-state index in [1.165, 1.54) is 29.6 Å². The molecule has 1 aliphatic heterocycles. The van der Waals surface area contributed by atoms with Crippen molar-refractivity contribution in [1.29, 1.82) is 0 Å². The third kappa shape index (κ3) is 4.31. The number of carbonyl (C=O) groups is 2. The predicted molar refractivity (Wildman–Crippen MR) is 120 cm³/mol. The van der Waals surface area contributed by atoms with Crippen LogP contribution in [-0.2, 0) is 12.0 Å². The summed E-state index contributed by atoms with van der Waals surface area (Å²) >= 11 is 9.52. The van der Waals surface area contributed by atoms with Gasteiger partial charge in [0, 0.05) is 34.8 Å². The number of alkyl halides is 1. The monoisotopic (exact) mass is 549 g/mol. The van der Waals surface area contributed by atoms with E-state index in [0.29, 0.717) is 28.4 Å². The summed E-state index contributed by atoms with van der Waals surface area (Å²) < 4.78 is 7.47. The van der Waals surface area contributed by atoms with Gasteiger partial charge in [0.1, 0.15) is 14.5 Å². The van der Waals surface area contributed by atoms with Gasteiger partial charge in [-0.1, -0.05) is 34.2 Å². The van der Waals surface area contributed by atoms with E-state index in [9.17, 15) is 14.7 Å². The number of benzene rings is 1. The molecule has 0 fully saturated rings. The predicted octanol–water partition coefficient (Wildman–Crippen LogP) is 4.68. The van der Waals surface area contributed by atoms with Crippen LogP contribution in [0.2, 0.25) is 5.02 Å². The maximum Gasteiger partial charge on any atom is 0.408 e. The minimum absolute atomic E-state index is 0.221. The number of aromatic nitrogens is 1. The van der Waals surface area contributed by atoms with E-state index < -0.39 is 16.0 Å². The van der Waals surface area contributed by atoms with Crippen LogP contribution >= 0.6 is 45.7 Å². The maximum atomic E-state index is 13.0. The Labute approximate surface area is 191 Å². The molecule has 1 aromatic heterocycles. The fourth-order valence-corrected chi connectivity index (χ4v) is 5.96. The Bertz CT molecular complexity index is 1040. The fraction of sp³-hybridized carbons (Fsp3) is 0.421. The average molecular weight is 550 g/mol. The van der Waals surface area contributed by atoms with Crippen molar-refractivity contribution in [2.45, 2.75) is 36.8 Å². The molecule has 0 radical (unpaired) electrons. The zero-order chi connectivity index (χ0) is 21.5. The molecular formula is C19H21ClIN3O4S.